The lowest BCUT2D eigenvalue weighted by atomic mass is 9.87. The lowest BCUT2D eigenvalue weighted by Gasteiger charge is -2.27. The molecule has 0 saturated heterocycles. The van der Waals surface area contributed by atoms with Gasteiger partial charge in [-0.3, -0.25) is 4.79 Å². The largest absolute Gasteiger partial charge is 0.489 e. The monoisotopic (exact) mass is 495 g/mol. The minimum absolute atomic E-state index is 0.121. The Balaban J connectivity index is 1.44. The normalized spacial score (nSPS) is 17.7. The number of hydrogen-bond donors (Lipinski definition) is 2. The summed E-state index contributed by atoms with van der Waals surface area (Å²) in [6.07, 6.45) is 4.45. The highest BCUT2D eigenvalue weighted by molar-refractivity contribution is 5.70. The van der Waals surface area contributed by atoms with Gasteiger partial charge in [-0.1, -0.05) is 19.1 Å². The van der Waals surface area contributed by atoms with E-state index in [1.807, 2.05) is 26.1 Å². The predicted molar refractivity (Wildman–Crippen MR) is 133 cm³/mol. The van der Waals surface area contributed by atoms with Crippen molar-refractivity contribution in [2.24, 2.45) is 18.9 Å². The Morgan fingerprint density at radius 1 is 1.25 bits per heavy atom. The molecule has 0 bridgehead atoms. The van der Waals surface area contributed by atoms with Gasteiger partial charge in [0.1, 0.15) is 17.3 Å². The number of hydrogen-bond acceptors (Lipinski definition) is 9. The second kappa shape index (κ2) is 11.3. The highest BCUT2D eigenvalue weighted by atomic mass is 16.5. The first-order chi connectivity index (χ1) is 17.3. The van der Waals surface area contributed by atoms with Crippen molar-refractivity contribution in [3.63, 3.8) is 0 Å². The van der Waals surface area contributed by atoms with Crippen molar-refractivity contribution in [1.82, 2.24) is 29.9 Å². The van der Waals surface area contributed by atoms with Gasteiger partial charge in [0.05, 0.1) is 42.3 Å². The maximum atomic E-state index is 11.4. The van der Waals surface area contributed by atoms with Gasteiger partial charge in [-0.15, -0.1) is 5.10 Å². The Morgan fingerprint density at radius 2 is 2.08 bits per heavy atom. The molecule has 0 unspecified atom stereocenters. The first-order valence-electron chi connectivity index (χ1n) is 12.3. The SMILES string of the molecule is Cc1nc(-c2nnn(C)c2CNc2ccnc(OCC(C)C)n2)ccc1O[C@H]1CCC[C@H](C(=O)O)C1. The summed E-state index contributed by atoms with van der Waals surface area (Å²) in [7, 11) is 1.83. The molecule has 1 fully saturated rings. The average molecular weight is 496 g/mol. The molecular weight excluding hydrogens is 462 g/mol. The average Bonchev–Trinajstić information content (AvgIpc) is 3.23. The number of anilines is 1. The van der Waals surface area contributed by atoms with Crippen LogP contribution in [0.15, 0.2) is 24.4 Å². The second-order valence-corrected chi connectivity index (χ2v) is 9.51. The van der Waals surface area contributed by atoms with Gasteiger partial charge in [0.15, 0.2) is 0 Å². The van der Waals surface area contributed by atoms with Crippen LogP contribution in [0.4, 0.5) is 5.82 Å². The van der Waals surface area contributed by atoms with E-state index < -0.39 is 5.97 Å². The van der Waals surface area contributed by atoms with Crippen molar-refractivity contribution < 1.29 is 19.4 Å². The Morgan fingerprint density at radius 3 is 2.83 bits per heavy atom. The first kappa shape index (κ1) is 25.3. The van der Waals surface area contributed by atoms with Gasteiger partial charge in [-0.25, -0.2) is 14.6 Å². The minimum Gasteiger partial charge on any atom is -0.489 e. The lowest BCUT2D eigenvalue weighted by molar-refractivity contribution is -0.143. The lowest BCUT2D eigenvalue weighted by Crippen LogP contribution is -2.29. The van der Waals surface area contributed by atoms with E-state index >= 15 is 0 Å². The summed E-state index contributed by atoms with van der Waals surface area (Å²) in [5.74, 6) is 0.576. The maximum Gasteiger partial charge on any atom is 0.318 e. The second-order valence-electron chi connectivity index (χ2n) is 9.51. The topological polar surface area (TPSA) is 137 Å². The van der Waals surface area contributed by atoms with E-state index in [0.29, 0.717) is 60.9 Å². The Kier molecular flexibility index (Phi) is 7.97. The van der Waals surface area contributed by atoms with Crippen LogP contribution in [0.5, 0.6) is 11.8 Å². The number of ether oxygens (including phenoxy) is 2. The predicted octanol–water partition coefficient (Wildman–Crippen LogP) is 3.64. The Bertz CT molecular complexity index is 1200. The zero-order valence-electron chi connectivity index (χ0n) is 21.1. The van der Waals surface area contributed by atoms with Crippen molar-refractivity contribution >= 4 is 11.8 Å². The number of nitrogens with zero attached hydrogens (tertiary/aromatic N) is 6. The van der Waals surface area contributed by atoms with Crippen LogP contribution in [-0.4, -0.2) is 53.7 Å². The van der Waals surface area contributed by atoms with Crippen LogP contribution in [0, 0.1) is 18.8 Å². The van der Waals surface area contributed by atoms with Crippen LogP contribution in [0.3, 0.4) is 0 Å². The number of carbonyl (C=O) groups is 1. The third-order valence-electron chi connectivity index (χ3n) is 6.11. The summed E-state index contributed by atoms with van der Waals surface area (Å²) in [6.45, 7) is 6.99. The van der Waals surface area contributed by atoms with Gasteiger partial charge in [0.25, 0.3) is 0 Å². The number of pyridine rings is 1. The maximum absolute atomic E-state index is 11.4. The molecule has 0 amide bonds. The molecule has 2 atom stereocenters. The number of aryl methyl sites for hydroxylation is 2. The molecule has 11 heteroatoms. The van der Waals surface area contributed by atoms with Crippen LogP contribution in [0.2, 0.25) is 0 Å². The molecular formula is C25H33N7O4. The van der Waals surface area contributed by atoms with Gasteiger partial charge in [0, 0.05) is 13.2 Å². The Hall–Kier alpha value is -3.76. The molecule has 0 aliphatic heterocycles. The number of aliphatic carboxylic acids is 1. The van der Waals surface area contributed by atoms with Crippen LogP contribution in [0.25, 0.3) is 11.4 Å². The third kappa shape index (κ3) is 6.27. The van der Waals surface area contributed by atoms with Gasteiger partial charge in [0.2, 0.25) is 0 Å². The zero-order valence-corrected chi connectivity index (χ0v) is 21.1. The summed E-state index contributed by atoms with van der Waals surface area (Å²) in [5, 5.41) is 21.1. The summed E-state index contributed by atoms with van der Waals surface area (Å²) >= 11 is 0. The smallest absolute Gasteiger partial charge is 0.318 e. The molecule has 4 rings (SSSR count). The van der Waals surface area contributed by atoms with Crippen LogP contribution in [-0.2, 0) is 18.4 Å². The highest BCUT2D eigenvalue weighted by Crippen LogP contribution is 2.30. The van der Waals surface area contributed by atoms with E-state index in [-0.39, 0.29) is 12.0 Å². The first-order valence-corrected chi connectivity index (χ1v) is 12.3. The van der Waals surface area contributed by atoms with E-state index in [9.17, 15) is 9.90 Å². The molecule has 1 aliphatic rings. The molecule has 0 radical (unpaired) electrons. The van der Waals surface area contributed by atoms with E-state index in [4.69, 9.17) is 14.5 Å². The molecule has 1 aliphatic carbocycles. The molecule has 36 heavy (non-hydrogen) atoms. The fourth-order valence-corrected chi connectivity index (χ4v) is 4.16. The summed E-state index contributed by atoms with van der Waals surface area (Å²) in [4.78, 5) is 24.7. The standard InChI is InChI=1S/C25H33N7O4/c1-15(2)14-35-25-26-11-10-22(29-25)27-13-20-23(30-31-32(20)4)19-8-9-21(16(3)28-19)36-18-7-5-6-17(12-18)24(33)34/h8-11,15,17-18H,5-7,12-14H2,1-4H3,(H,33,34)(H,26,27,29)/t17-,18-/m0/s1. The molecule has 1 saturated carbocycles. The van der Waals surface area contributed by atoms with E-state index in [2.05, 4.69) is 39.4 Å². The fourth-order valence-electron chi connectivity index (χ4n) is 4.16. The number of carboxylic acids is 1. The fraction of sp³-hybridized carbons (Fsp3) is 0.520. The number of aromatic nitrogens is 6. The third-order valence-corrected chi connectivity index (χ3v) is 6.11. The van der Waals surface area contributed by atoms with Gasteiger partial charge >= 0.3 is 12.0 Å². The summed E-state index contributed by atoms with van der Waals surface area (Å²) in [6, 6.07) is 5.84. The van der Waals surface area contributed by atoms with Gasteiger partial charge < -0.3 is 19.9 Å². The molecule has 11 nitrogen and oxygen atoms in total. The van der Waals surface area contributed by atoms with Crippen LogP contribution < -0.4 is 14.8 Å². The van der Waals surface area contributed by atoms with E-state index in [1.165, 1.54) is 0 Å². The molecule has 3 aromatic heterocycles. The van der Waals surface area contributed by atoms with Gasteiger partial charge in [-0.2, -0.15) is 4.98 Å². The molecule has 192 valence electrons. The highest BCUT2D eigenvalue weighted by Gasteiger charge is 2.28. The minimum atomic E-state index is -0.751. The van der Waals surface area contributed by atoms with Crippen molar-refractivity contribution in [3.05, 3.63) is 35.8 Å². The summed E-state index contributed by atoms with van der Waals surface area (Å²) in [5.41, 5.74) is 2.90. The number of carboxylic acid groups (broad SMARTS) is 1. The number of nitrogens with one attached hydrogen (secondary N) is 1. The van der Waals surface area contributed by atoms with E-state index in [1.54, 1.807) is 16.9 Å². The van der Waals surface area contributed by atoms with Crippen LogP contribution in [0.1, 0.15) is 50.9 Å². The van der Waals surface area contributed by atoms with Crippen molar-refractivity contribution in [2.45, 2.75) is 59.1 Å². The quantitative estimate of drug-likeness (QED) is 0.429. The Labute approximate surface area is 210 Å². The number of rotatable bonds is 10. The molecule has 0 spiro atoms. The van der Waals surface area contributed by atoms with Crippen molar-refractivity contribution in [1.29, 1.82) is 0 Å². The van der Waals surface area contributed by atoms with Crippen molar-refractivity contribution in [2.75, 3.05) is 11.9 Å². The molecule has 3 aromatic rings. The van der Waals surface area contributed by atoms with Crippen molar-refractivity contribution in [3.8, 4) is 23.1 Å². The molecule has 0 aromatic carbocycles. The van der Waals surface area contributed by atoms with E-state index in [0.717, 1.165) is 24.2 Å². The molecule has 3 heterocycles. The summed E-state index contributed by atoms with van der Waals surface area (Å²) < 4.78 is 13.5. The zero-order chi connectivity index (χ0) is 25.7. The molecule has 2 N–H and O–H groups in total. The van der Waals surface area contributed by atoms with Gasteiger partial charge in [-0.05, 0) is 56.7 Å². The van der Waals surface area contributed by atoms with Crippen LogP contribution >= 0.6 is 0 Å².